The zero-order valence-electron chi connectivity index (χ0n) is 16.3. The van der Waals surface area contributed by atoms with Gasteiger partial charge < -0.3 is 9.66 Å². The van der Waals surface area contributed by atoms with Crippen molar-refractivity contribution in [1.82, 2.24) is 0 Å². The standard InChI is InChI=1S/C19H32O5S.Na/c1-18-9-7-13(20)11-12(18)3-4-14-15-5-6-17(24-25(21,22)23)19(15,2)10-8-16(14)18;/h12-17,20H,3-11H2,1-2H3,(H,21,22,23);/q;+1/p-1/t12-,13-,14-,15-,16-,17-,18-,19-;/m0./s1. The molecule has 4 aliphatic carbocycles. The van der Waals surface area contributed by atoms with E-state index in [0.717, 1.165) is 38.5 Å². The van der Waals surface area contributed by atoms with Crippen LogP contribution in [0.15, 0.2) is 0 Å². The molecule has 0 radical (unpaired) electrons. The predicted molar refractivity (Wildman–Crippen MR) is 92.3 cm³/mol. The van der Waals surface area contributed by atoms with Gasteiger partial charge in [-0.05, 0) is 92.3 Å². The van der Waals surface area contributed by atoms with Gasteiger partial charge in [-0.1, -0.05) is 13.8 Å². The molecular formula is C19H31NaO5S. The van der Waals surface area contributed by atoms with E-state index in [1.54, 1.807) is 0 Å². The first-order valence-corrected chi connectivity index (χ1v) is 11.3. The Hall–Kier alpha value is 0.830. The average molecular weight is 395 g/mol. The van der Waals surface area contributed by atoms with E-state index in [-0.39, 0.29) is 41.1 Å². The maximum Gasteiger partial charge on any atom is 1.00 e. The molecule has 0 bridgehead atoms. The SMILES string of the molecule is C[C@]12CC[C@H](O)C[C@@H]1CC[C@@H]1[C@@H]2CC[C@]2(C)[C@@H](OS(=O)(=O)[O-])CC[C@@H]12.[Na+]. The summed E-state index contributed by atoms with van der Waals surface area (Å²) in [4.78, 5) is 0. The van der Waals surface area contributed by atoms with Gasteiger partial charge in [0.1, 0.15) is 0 Å². The van der Waals surface area contributed by atoms with Gasteiger partial charge in [-0.2, -0.15) is 0 Å². The topological polar surface area (TPSA) is 86.7 Å². The fraction of sp³-hybridized carbons (Fsp3) is 1.00. The third-order valence-electron chi connectivity index (χ3n) is 8.79. The first kappa shape index (κ1) is 21.5. The molecule has 4 saturated carbocycles. The smallest absolute Gasteiger partial charge is 0.726 e. The van der Waals surface area contributed by atoms with E-state index >= 15 is 0 Å². The van der Waals surface area contributed by atoms with Gasteiger partial charge in [0.15, 0.2) is 0 Å². The van der Waals surface area contributed by atoms with Crippen LogP contribution in [0.4, 0.5) is 0 Å². The summed E-state index contributed by atoms with van der Waals surface area (Å²) >= 11 is 0. The van der Waals surface area contributed by atoms with Crippen molar-refractivity contribution in [2.45, 2.75) is 83.8 Å². The maximum atomic E-state index is 11.2. The summed E-state index contributed by atoms with van der Waals surface area (Å²) in [7, 11) is -4.64. The largest absolute Gasteiger partial charge is 1.00 e. The van der Waals surface area contributed by atoms with Gasteiger partial charge in [0, 0.05) is 0 Å². The normalized spacial score (nSPS) is 50.9. The van der Waals surface area contributed by atoms with Crippen LogP contribution in [0, 0.1) is 34.5 Å². The van der Waals surface area contributed by atoms with Crippen LogP contribution in [0.25, 0.3) is 0 Å². The minimum Gasteiger partial charge on any atom is -0.726 e. The van der Waals surface area contributed by atoms with E-state index in [9.17, 15) is 18.1 Å². The molecule has 8 atom stereocenters. The molecule has 0 heterocycles. The van der Waals surface area contributed by atoms with Crippen molar-refractivity contribution in [1.29, 1.82) is 0 Å². The summed E-state index contributed by atoms with van der Waals surface area (Å²) in [5, 5.41) is 10.1. The summed E-state index contributed by atoms with van der Waals surface area (Å²) in [6, 6.07) is 0. The Bertz CT molecular complexity index is 640. The first-order chi connectivity index (χ1) is 11.6. The van der Waals surface area contributed by atoms with E-state index in [2.05, 4.69) is 13.8 Å². The second-order valence-corrected chi connectivity index (χ2v) is 10.7. The number of hydrogen-bond donors (Lipinski definition) is 1. The molecule has 0 aliphatic heterocycles. The molecule has 5 nitrogen and oxygen atoms in total. The van der Waals surface area contributed by atoms with Gasteiger partial charge in [0.05, 0.1) is 12.2 Å². The summed E-state index contributed by atoms with van der Waals surface area (Å²) in [5.74, 6) is 2.36. The monoisotopic (exact) mass is 394 g/mol. The summed E-state index contributed by atoms with van der Waals surface area (Å²) in [6.07, 6.45) is 8.45. The average Bonchev–Trinajstić information content (AvgIpc) is 2.83. The number of aliphatic hydroxyl groups is 1. The van der Waals surface area contributed by atoms with Crippen molar-refractivity contribution in [2.75, 3.05) is 0 Å². The molecule has 4 rings (SSSR count). The van der Waals surface area contributed by atoms with Crippen LogP contribution < -0.4 is 29.6 Å². The minimum absolute atomic E-state index is 0. The van der Waals surface area contributed by atoms with Gasteiger partial charge >= 0.3 is 29.6 Å². The maximum absolute atomic E-state index is 11.2. The number of rotatable bonds is 2. The van der Waals surface area contributed by atoms with Crippen molar-refractivity contribution in [3.8, 4) is 0 Å². The van der Waals surface area contributed by atoms with Crippen LogP contribution in [-0.4, -0.2) is 30.3 Å². The van der Waals surface area contributed by atoms with E-state index in [4.69, 9.17) is 4.18 Å². The van der Waals surface area contributed by atoms with Crippen molar-refractivity contribution < 1.29 is 51.8 Å². The van der Waals surface area contributed by atoms with E-state index in [1.165, 1.54) is 12.8 Å². The van der Waals surface area contributed by atoms with Crippen molar-refractivity contribution >= 4 is 10.4 Å². The van der Waals surface area contributed by atoms with Crippen LogP contribution in [0.3, 0.4) is 0 Å². The Labute approximate surface area is 179 Å². The molecule has 144 valence electrons. The molecule has 0 unspecified atom stereocenters. The zero-order valence-corrected chi connectivity index (χ0v) is 19.1. The van der Waals surface area contributed by atoms with Crippen LogP contribution in [0.5, 0.6) is 0 Å². The van der Waals surface area contributed by atoms with Gasteiger partial charge in [-0.3, -0.25) is 4.18 Å². The second kappa shape index (κ2) is 7.26. The molecule has 26 heavy (non-hydrogen) atoms. The molecule has 0 amide bonds. The van der Waals surface area contributed by atoms with Gasteiger partial charge in [0.2, 0.25) is 10.4 Å². The molecule has 0 saturated heterocycles. The fourth-order valence-electron chi connectivity index (χ4n) is 7.49. The fourth-order valence-corrected chi connectivity index (χ4v) is 8.09. The summed E-state index contributed by atoms with van der Waals surface area (Å²) < 4.78 is 38.4. The van der Waals surface area contributed by atoms with Crippen LogP contribution in [0.1, 0.15) is 71.6 Å². The number of aliphatic hydroxyl groups excluding tert-OH is 1. The van der Waals surface area contributed by atoms with Crippen LogP contribution in [-0.2, 0) is 14.6 Å². The van der Waals surface area contributed by atoms with E-state index in [1.807, 2.05) is 0 Å². The summed E-state index contributed by atoms with van der Waals surface area (Å²) in [5.41, 5.74) is 0.128. The van der Waals surface area contributed by atoms with Gasteiger partial charge in [0.25, 0.3) is 0 Å². The molecular weight excluding hydrogens is 363 g/mol. The Balaban J connectivity index is 0.00000196. The van der Waals surface area contributed by atoms with E-state index in [0.29, 0.717) is 35.5 Å². The zero-order chi connectivity index (χ0) is 18.0. The first-order valence-electron chi connectivity index (χ1n) is 9.96. The summed E-state index contributed by atoms with van der Waals surface area (Å²) in [6.45, 7) is 4.59. The Kier molecular flexibility index (Phi) is 6.02. The Morgan fingerprint density at radius 1 is 0.962 bits per heavy atom. The molecule has 4 aliphatic rings. The Morgan fingerprint density at radius 2 is 1.62 bits per heavy atom. The number of fused-ring (bicyclic) bond motifs is 5. The van der Waals surface area contributed by atoms with Crippen molar-refractivity contribution in [3.63, 3.8) is 0 Å². The Morgan fingerprint density at radius 3 is 2.31 bits per heavy atom. The second-order valence-electron chi connectivity index (χ2n) is 9.70. The molecule has 0 spiro atoms. The molecule has 0 aromatic heterocycles. The molecule has 7 heteroatoms. The van der Waals surface area contributed by atoms with Crippen molar-refractivity contribution in [2.24, 2.45) is 34.5 Å². The quantitative estimate of drug-likeness (QED) is 0.412. The van der Waals surface area contributed by atoms with Crippen molar-refractivity contribution in [3.05, 3.63) is 0 Å². The number of hydrogen-bond acceptors (Lipinski definition) is 5. The third kappa shape index (κ3) is 3.46. The van der Waals surface area contributed by atoms with Gasteiger partial charge in [-0.15, -0.1) is 0 Å². The van der Waals surface area contributed by atoms with Crippen LogP contribution in [0.2, 0.25) is 0 Å². The molecule has 1 N–H and O–H groups in total. The third-order valence-corrected chi connectivity index (χ3v) is 9.25. The molecule has 0 aromatic rings. The van der Waals surface area contributed by atoms with Crippen LogP contribution >= 0.6 is 0 Å². The van der Waals surface area contributed by atoms with E-state index < -0.39 is 16.5 Å². The predicted octanol–water partition coefficient (Wildman–Crippen LogP) is 0.239. The minimum atomic E-state index is -4.64. The molecule has 4 fully saturated rings. The van der Waals surface area contributed by atoms with Gasteiger partial charge in [-0.25, -0.2) is 8.42 Å². The molecule has 0 aromatic carbocycles.